The van der Waals surface area contributed by atoms with E-state index < -0.39 is 0 Å². The van der Waals surface area contributed by atoms with Crippen molar-refractivity contribution in [1.29, 1.82) is 0 Å². The number of nitrogens with zero attached hydrogens (tertiary/aromatic N) is 1. The Hall–Kier alpha value is -2.10. The van der Waals surface area contributed by atoms with Gasteiger partial charge < -0.3 is 9.26 Å². The molecule has 0 radical (unpaired) electrons. The zero-order chi connectivity index (χ0) is 11.5. The van der Waals surface area contributed by atoms with Crippen molar-refractivity contribution in [2.75, 3.05) is 7.11 Å². The van der Waals surface area contributed by atoms with Gasteiger partial charge in [-0.25, -0.2) is 0 Å². The van der Waals surface area contributed by atoms with Crippen LogP contribution in [0.25, 0.3) is 11.3 Å². The normalized spacial score (nSPS) is 10.1. The van der Waals surface area contributed by atoms with Crippen molar-refractivity contribution in [3.8, 4) is 17.2 Å². The first kappa shape index (κ1) is 10.4. The third-order valence-corrected chi connectivity index (χ3v) is 2.32. The summed E-state index contributed by atoms with van der Waals surface area (Å²) in [6.07, 6.45) is 0.685. The van der Waals surface area contributed by atoms with E-state index in [1.807, 2.05) is 31.2 Å². The molecule has 4 heteroatoms. The van der Waals surface area contributed by atoms with Crippen molar-refractivity contribution in [1.82, 2.24) is 5.16 Å². The number of aryl methyl sites for hydroxylation is 1. The molecular weight excluding hydrogens is 206 g/mol. The highest BCUT2D eigenvalue weighted by atomic mass is 16.6. The molecule has 0 atom stereocenters. The van der Waals surface area contributed by atoms with Gasteiger partial charge in [0.1, 0.15) is 11.3 Å². The largest absolute Gasteiger partial charge is 0.467 e. The number of hydrogen-bond donors (Lipinski definition) is 0. The predicted molar refractivity (Wildman–Crippen MR) is 58.6 cm³/mol. The van der Waals surface area contributed by atoms with Gasteiger partial charge in [-0.15, -0.1) is 0 Å². The summed E-state index contributed by atoms with van der Waals surface area (Å²) in [5.74, 6) is 0.144. The molecular formula is C12H11NO3. The first-order chi connectivity index (χ1) is 7.76. The average molecular weight is 217 g/mol. The molecule has 0 bridgehead atoms. The fourth-order valence-electron chi connectivity index (χ4n) is 1.45. The van der Waals surface area contributed by atoms with Gasteiger partial charge in [-0.3, -0.25) is 4.79 Å². The summed E-state index contributed by atoms with van der Waals surface area (Å²) in [7, 11) is 1.44. The highest BCUT2D eigenvalue weighted by Gasteiger charge is 2.17. The maximum Gasteiger partial charge on any atom is 0.322 e. The summed E-state index contributed by atoms with van der Waals surface area (Å²) in [4.78, 5) is 10.9. The molecule has 0 spiro atoms. The summed E-state index contributed by atoms with van der Waals surface area (Å²) < 4.78 is 9.82. The summed E-state index contributed by atoms with van der Waals surface area (Å²) in [5.41, 5.74) is 2.82. The molecule has 0 unspecified atom stereocenters. The molecule has 2 rings (SSSR count). The number of benzene rings is 1. The standard InChI is InChI=1S/C12H11NO3/c1-8-3-5-9(6-4-8)11-10(7-14)12(15-2)16-13-11/h3-7H,1-2H3. The Morgan fingerprint density at radius 1 is 1.31 bits per heavy atom. The number of methoxy groups -OCH3 is 1. The van der Waals surface area contributed by atoms with Crippen LogP contribution in [0.1, 0.15) is 15.9 Å². The monoisotopic (exact) mass is 217 g/mol. The van der Waals surface area contributed by atoms with Crippen LogP contribution in [0.2, 0.25) is 0 Å². The fourth-order valence-corrected chi connectivity index (χ4v) is 1.45. The molecule has 0 aliphatic carbocycles. The first-order valence-electron chi connectivity index (χ1n) is 4.82. The highest BCUT2D eigenvalue weighted by molar-refractivity contribution is 5.88. The van der Waals surface area contributed by atoms with Crippen molar-refractivity contribution in [3.05, 3.63) is 35.4 Å². The van der Waals surface area contributed by atoms with Gasteiger partial charge in [-0.05, 0) is 6.92 Å². The quantitative estimate of drug-likeness (QED) is 0.741. The zero-order valence-electron chi connectivity index (χ0n) is 9.06. The maximum atomic E-state index is 10.9. The third-order valence-electron chi connectivity index (χ3n) is 2.32. The molecule has 82 valence electrons. The molecule has 4 nitrogen and oxygen atoms in total. The van der Waals surface area contributed by atoms with E-state index in [2.05, 4.69) is 5.16 Å². The second-order valence-electron chi connectivity index (χ2n) is 3.42. The Balaban J connectivity index is 2.51. The summed E-state index contributed by atoms with van der Waals surface area (Å²) in [6.45, 7) is 1.99. The summed E-state index contributed by atoms with van der Waals surface area (Å²) >= 11 is 0. The lowest BCUT2D eigenvalue weighted by Crippen LogP contribution is -1.88. The molecule has 1 aromatic heterocycles. The van der Waals surface area contributed by atoms with E-state index in [4.69, 9.17) is 9.26 Å². The van der Waals surface area contributed by atoms with E-state index in [0.29, 0.717) is 17.5 Å². The van der Waals surface area contributed by atoms with Crippen LogP contribution in [-0.2, 0) is 0 Å². The summed E-state index contributed by atoms with van der Waals surface area (Å²) in [6, 6.07) is 7.68. The average Bonchev–Trinajstić information content (AvgIpc) is 2.72. The van der Waals surface area contributed by atoms with E-state index in [-0.39, 0.29) is 5.95 Å². The van der Waals surface area contributed by atoms with Crippen molar-refractivity contribution in [2.45, 2.75) is 6.92 Å². The van der Waals surface area contributed by atoms with Crippen molar-refractivity contribution in [2.24, 2.45) is 0 Å². The van der Waals surface area contributed by atoms with Crippen LogP contribution in [0.3, 0.4) is 0 Å². The van der Waals surface area contributed by atoms with Gasteiger partial charge >= 0.3 is 5.95 Å². The van der Waals surface area contributed by atoms with Crippen molar-refractivity contribution < 1.29 is 14.1 Å². The number of ether oxygens (including phenoxy) is 1. The lowest BCUT2D eigenvalue weighted by molar-refractivity contribution is 0.111. The minimum atomic E-state index is 0.144. The van der Waals surface area contributed by atoms with Crippen LogP contribution in [-0.4, -0.2) is 18.6 Å². The van der Waals surface area contributed by atoms with Gasteiger partial charge in [0, 0.05) is 5.56 Å². The molecule has 1 aromatic carbocycles. The van der Waals surface area contributed by atoms with E-state index in [0.717, 1.165) is 11.1 Å². The highest BCUT2D eigenvalue weighted by Crippen LogP contribution is 2.28. The van der Waals surface area contributed by atoms with Gasteiger partial charge in [0.2, 0.25) is 0 Å². The van der Waals surface area contributed by atoms with Crippen molar-refractivity contribution >= 4 is 6.29 Å². The third kappa shape index (κ3) is 1.69. The van der Waals surface area contributed by atoms with Gasteiger partial charge in [0.05, 0.1) is 7.11 Å². The van der Waals surface area contributed by atoms with Crippen LogP contribution in [0.5, 0.6) is 5.95 Å². The zero-order valence-corrected chi connectivity index (χ0v) is 9.06. The van der Waals surface area contributed by atoms with Gasteiger partial charge in [0.25, 0.3) is 0 Å². The van der Waals surface area contributed by atoms with Crippen LogP contribution < -0.4 is 4.74 Å². The van der Waals surface area contributed by atoms with Gasteiger partial charge in [-0.2, -0.15) is 0 Å². The number of aromatic nitrogens is 1. The molecule has 0 saturated heterocycles. The number of aldehydes is 1. The summed E-state index contributed by atoms with van der Waals surface area (Å²) in [5, 5.41) is 3.83. The van der Waals surface area contributed by atoms with Crippen LogP contribution in [0.15, 0.2) is 28.8 Å². The second kappa shape index (κ2) is 4.18. The maximum absolute atomic E-state index is 10.9. The molecule has 0 amide bonds. The predicted octanol–water partition coefficient (Wildman–Crippen LogP) is 2.47. The Kier molecular flexibility index (Phi) is 2.72. The van der Waals surface area contributed by atoms with E-state index in [1.54, 1.807) is 0 Å². The minimum Gasteiger partial charge on any atom is -0.467 e. The second-order valence-corrected chi connectivity index (χ2v) is 3.42. The Bertz CT molecular complexity index is 499. The first-order valence-corrected chi connectivity index (χ1v) is 4.82. The lowest BCUT2D eigenvalue weighted by Gasteiger charge is -1.97. The Morgan fingerprint density at radius 2 is 2.00 bits per heavy atom. The van der Waals surface area contributed by atoms with E-state index in [1.165, 1.54) is 7.11 Å². The molecule has 1 heterocycles. The molecule has 0 aliphatic heterocycles. The fraction of sp³-hybridized carbons (Fsp3) is 0.167. The van der Waals surface area contributed by atoms with Gasteiger partial charge in [0.15, 0.2) is 6.29 Å². The number of hydrogen-bond acceptors (Lipinski definition) is 4. The van der Waals surface area contributed by atoms with Crippen molar-refractivity contribution in [3.63, 3.8) is 0 Å². The van der Waals surface area contributed by atoms with Gasteiger partial charge in [-0.1, -0.05) is 35.0 Å². The van der Waals surface area contributed by atoms with Crippen LogP contribution in [0, 0.1) is 6.92 Å². The Morgan fingerprint density at radius 3 is 2.56 bits per heavy atom. The number of rotatable bonds is 3. The van der Waals surface area contributed by atoms with Crippen LogP contribution in [0.4, 0.5) is 0 Å². The topological polar surface area (TPSA) is 52.3 Å². The number of carbonyl (C=O) groups is 1. The smallest absolute Gasteiger partial charge is 0.322 e. The molecule has 0 N–H and O–H groups in total. The molecule has 0 saturated carbocycles. The lowest BCUT2D eigenvalue weighted by atomic mass is 10.1. The molecule has 0 aliphatic rings. The van der Waals surface area contributed by atoms with E-state index >= 15 is 0 Å². The van der Waals surface area contributed by atoms with Crippen LogP contribution >= 0.6 is 0 Å². The Labute approximate surface area is 92.8 Å². The minimum absolute atomic E-state index is 0.144. The molecule has 0 fully saturated rings. The molecule has 2 aromatic rings. The SMILES string of the molecule is COc1onc(-c2ccc(C)cc2)c1C=O. The molecule has 16 heavy (non-hydrogen) atoms. The van der Waals surface area contributed by atoms with E-state index in [9.17, 15) is 4.79 Å². The number of carbonyl (C=O) groups excluding carboxylic acids is 1.